The van der Waals surface area contributed by atoms with Gasteiger partial charge in [-0.15, -0.1) is 0 Å². The van der Waals surface area contributed by atoms with Gasteiger partial charge in [0.1, 0.15) is 0 Å². The zero-order chi connectivity index (χ0) is 13.9. The molecule has 0 aliphatic carbocycles. The van der Waals surface area contributed by atoms with Gasteiger partial charge in [-0.2, -0.15) is 13.2 Å². The molecule has 0 saturated carbocycles. The van der Waals surface area contributed by atoms with Crippen LogP contribution in [-0.2, 0) is 0 Å². The van der Waals surface area contributed by atoms with Crippen molar-refractivity contribution in [2.45, 2.75) is 25.6 Å². The lowest BCUT2D eigenvalue weighted by Gasteiger charge is -2.21. The van der Waals surface area contributed by atoms with Crippen LogP contribution in [0.25, 0.3) is 10.8 Å². The van der Waals surface area contributed by atoms with Crippen LogP contribution in [0.2, 0.25) is 0 Å². The maximum absolute atomic E-state index is 12.7. The summed E-state index contributed by atoms with van der Waals surface area (Å²) in [6.07, 6.45) is -1.80. The molecule has 5 heteroatoms. The number of hydrogen-bond acceptors (Lipinski definition) is 2. The van der Waals surface area contributed by atoms with E-state index in [2.05, 4.69) is 10.3 Å². The Kier molecular flexibility index (Phi) is 4.04. The standard InChI is InChI=1S/C14H15F3N2/c1-2-19-13(8-14(15,16)17)12-5-3-4-10-9-18-7-6-11(10)12/h3-7,9,13,19H,2,8H2,1H3. The van der Waals surface area contributed by atoms with Gasteiger partial charge in [-0.3, -0.25) is 4.98 Å². The highest BCUT2D eigenvalue weighted by Gasteiger charge is 2.32. The maximum Gasteiger partial charge on any atom is 0.390 e. The quantitative estimate of drug-likeness (QED) is 0.911. The summed E-state index contributed by atoms with van der Waals surface area (Å²) in [5, 5.41) is 4.57. The number of pyridine rings is 1. The SMILES string of the molecule is CCNC(CC(F)(F)F)c1cccc2cnccc12. The van der Waals surface area contributed by atoms with Gasteiger partial charge in [0.25, 0.3) is 0 Å². The molecule has 1 aromatic carbocycles. The number of fused-ring (bicyclic) bond motifs is 1. The summed E-state index contributed by atoms with van der Waals surface area (Å²) in [4.78, 5) is 3.99. The summed E-state index contributed by atoms with van der Waals surface area (Å²) in [5.41, 5.74) is 0.666. The summed E-state index contributed by atoms with van der Waals surface area (Å²) in [6.45, 7) is 2.29. The van der Waals surface area contributed by atoms with Crippen molar-refractivity contribution in [3.63, 3.8) is 0 Å². The Labute approximate surface area is 109 Å². The average Bonchev–Trinajstić information content (AvgIpc) is 2.36. The topological polar surface area (TPSA) is 24.9 Å². The van der Waals surface area contributed by atoms with E-state index in [-0.39, 0.29) is 0 Å². The second-order valence-corrected chi connectivity index (χ2v) is 4.37. The van der Waals surface area contributed by atoms with Crippen LogP contribution < -0.4 is 5.32 Å². The normalized spacial score (nSPS) is 13.7. The molecule has 102 valence electrons. The number of hydrogen-bond donors (Lipinski definition) is 1. The third-order valence-corrected chi connectivity index (χ3v) is 2.98. The lowest BCUT2D eigenvalue weighted by atomic mass is 9.97. The van der Waals surface area contributed by atoms with Gasteiger partial charge in [0.15, 0.2) is 0 Å². The highest BCUT2D eigenvalue weighted by molar-refractivity contribution is 5.85. The Balaban J connectivity index is 2.44. The molecule has 1 aromatic heterocycles. The first kappa shape index (κ1) is 13.8. The first-order chi connectivity index (χ1) is 9.01. The molecular weight excluding hydrogens is 253 g/mol. The Morgan fingerprint density at radius 3 is 2.74 bits per heavy atom. The van der Waals surface area contributed by atoms with Crippen molar-refractivity contribution in [2.75, 3.05) is 6.54 Å². The van der Waals surface area contributed by atoms with E-state index in [4.69, 9.17) is 0 Å². The first-order valence-corrected chi connectivity index (χ1v) is 6.14. The number of aromatic nitrogens is 1. The van der Waals surface area contributed by atoms with E-state index in [9.17, 15) is 13.2 Å². The number of nitrogens with one attached hydrogen (secondary N) is 1. The van der Waals surface area contributed by atoms with Gasteiger partial charge >= 0.3 is 6.18 Å². The number of rotatable bonds is 4. The molecule has 2 aromatic rings. The Morgan fingerprint density at radius 1 is 1.26 bits per heavy atom. The molecule has 1 atom stereocenters. The Bertz CT molecular complexity index is 546. The smallest absolute Gasteiger partial charge is 0.310 e. The number of nitrogens with zero attached hydrogens (tertiary/aromatic N) is 1. The van der Waals surface area contributed by atoms with E-state index in [1.807, 2.05) is 6.07 Å². The minimum Gasteiger partial charge on any atom is -0.310 e. The van der Waals surface area contributed by atoms with E-state index in [0.29, 0.717) is 12.1 Å². The summed E-state index contributed by atoms with van der Waals surface area (Å²) < 4.78 is 38.0. The van der Waals surface area contributed by atoms with Crippen molar-refractivity contribution < 1.29 is 13.2 Å². The Hall–Kier alpha value is -1.62. The fraction of sp³-hybridized carbons (Fsp3) is 0.357. The largest absolute Gasteiger partial charge is 0.390 e. The molecule has 2 nitrogen and oxygen atoms in total. The molecule has 0 spiro atoms. The fourth-order valence-corrected chi connectivity index (χ4v) is 2.22. The number of alkyl halides is 3. The van der Waals surface area contributed by atoms with Gasteiger partial charge in [-0.25, -0.2) is 0 Å². The molecule has 0 bridgehead atoms. The van der Waals surface area contributed by atoms with Crippen LogP contribution in [0.1, 0.15) is 24.9 Å². The van der Waals surface area contributed by atoms with Crippen LogP contribution in [0.4, 0.5) is 13.2 Å². The van der Waals surface area contributed by atoms with Crippen molar-refractivity contribution in [3.8, 4) is 0 Å². The summed E-state index contributed by atoms with van der Waals surface area (Å²) >= 11 is 0. The minimum atomic E-state index is -4.19. The van der Waals surface area contributed by atoms with Gasteiger partial charge in [0, 0.05) is 23.8 Å². The van der Waals surface area contributed by atoms with Gasteiger partial charge in [-0.05, 0) is 23.6 Å². The maximum atomic E-state index is 12.7. The number of benzene rings is 1. The molecule has 0 saturated heterocycles. The second kappa shape index (κ2) is 5.57. The molecule has 1 heterocycles. The van der Waals surface area contributed by atoms with Crippen LogP contribution in [-0.4, -0.2) is 17.7 Å². The van der Waals surface area contributed by atoms with Gasteiger partial charge in [0.05, 0.1) is 6.42 Å². The van der Waals surface area contributed by atoms with Crippen molar-refractivity contribution in [1.82, 2.24) is 10.3 Å². The zero-order valence-corrected chi connectivity index (χ0v) is 10.5. The van der Waals surface area contributed by atoms with Gasteiger partial charge in [-0.1, -0.05) is 25.1 Å². The monoisotopic (exact) mass is 268 g/mol. The summed E-state index contributed by atoms with van der Waals surface area (Å²) in [5.74, 6) is 0. The minimum absolute atomic E-state index is 0.488. The third-order valence-electron chi connectivity index (χ3n) is 2.98. The lowest BCUT2D eigenvalue weighted by Crippen LogP contribution is -2.26. The van der Waals surface area contributed by atoms with E-state index in [1.165, 1.54) is 0 Å². The molecule has 19 heavy (non-hydrogen) atoms. The molecule has 0 amide bonds. The van der Waals surface area contributed by atoms with Crippen LogP contribution in [0.15, 0.2) is 36.7 Å². The third kappa shape index (κ3) is 3.44. The fourth-order valence-electron chi connectivity index (χ4n) is 2.22. The molecule has 1 unspecified atom stereocenters. The summed E-state index contributed by atoms with van der Waals surface area (Å²) in [6, 6.07) is 6.38. The number of halogens is 3. The molecule has 0 aliphatic rings. The van der Waals surface area contributed by atoms with E-state index >= 15 is 0 Å². The van der Waals surface area contributed by atoms with Crippen molar-refractivity contribution in [1.29, 1.82) is 0 Å². The second-order valence-electron chi connectivity index (χ2n) is 4.37. The highest BCUT2D eigenvalue weighted by Crippen LogP contribution is 2.32. The molecule has 0 radical (unpaired) electrons. The van der Waals surface area contributed by atoms with Crippen LogP contribution in [0, 0.1) is 0 Å². The van der Waals surface area contributed by atoms with Crippen molar-refractivity contribution in [3.05, 3.63) is 42.2 Å². The van der Waals surface area contributed by atoms with Gasteiger partial charge < -0.3 is 5.32 Å². The molecule has 0 aliphatic heterocycles. The van der Waals surface area contributed by atoms with Crippen LogP contribution in [0.3, 0.4) is 0 Å². The average molecular weight is 268 g/mol. The molecular formula is C14H15F3N2. The van der Waals surface area contributed by atoms with Crippen LogP contribution in [0.5, 0.6) is 0 Å². The van der Waals surface area contributed by atoms with Gasteiger partial charge in [0.2, 0.25) is 0 Å². The molecule has 1 N–H and O–H groups in total. The Morgan fingerprint density at radius 2 is 2.05 bits per heavy atom. The highest BCUT2D eigenvalue weighted by atomic mass is 19.4. The van der Waals surface area contributed by atoms with E-state index in [0.717, 1.165) is 10.8 Å². The molecule has 2 rings (SSSR count). The predicted molar refractivity (Wildman–Crippen MR) is 68.8 cm³/mol. The predicted octanol–water partition coefficient (Wildman–Crippen LogP) is 3.84. The van der Waals surface area contributed by atoms with Crippen LogP contribution >= 0.6 is 0 Å². The summed E-state index contributed by atoms with van der Waals surface area (Å²) in [7, 11) is 0. The van der Waals surface area contributed by atoms with E-state index in [1.54, 1.807) is 37.5 Å². The van der Waals surface area contributed by atoms with E-state index < -0.39 is 18.6 Å². The first-order valence-electron chi connectivity index (χ1n) is 6.14. The zero-order valence-electron chi connectivity index (χ0n) is 10.5. The van der Waals surface area contributed by atoms with Crippen molar-refractivity contribution in [2.24, 2.45) is 0 Å². The van der Waals surface area contributed by atoms with Crippen molar-refractivity contribution >= 4 is 10.8 Å². The molecule has 0 fully saturated rings. The lowest BCUT2D eigenvalue weighted by molar-refractivity contribution is -0.140.